The molecule has 92 heavy (non-hydrogen) atoms. The number of carbonyl (C=O) groups excluding carboxylic acids is 4. The van der Waals surface area contributed by atoms with E-state index in [-0.39, 0.29) is 103 Å². The summed E-state index contributed by atoms with van der Waals surface area (Å²) >= 11 is 0. The van der Waals surface area contributed by atoms with Crippen LogP contribution in [0.25, 0.3) is 9.69 Å². The van der Waals surface area contributed by atoms with E-state index in [1.54, 1.807) is 170 Å². The van der Waals surface area contributed by atoms with E-state index in [2.05, 4.69) is 49.5 Å². The van der Waals surface area contributed by atoms with Crippen LogP contribution < -0.4 is 37.9 Å². The Morgan fingerprint density at radius 2 is 0.587 bits per heavy atom. The standard InChI is InChI=1S/C76H50N4O12/c1-75(2)57-37-69(90-62-14-8-12-60(56(62)40-78)86-50-29-21-46(42-82)22-30-50)67(89-61-13-7-11-59(55(61)39-77)85-49-27-19-45(41-81)20-28-49)35-53(57)71-72(75)54-36-68(91-65-17-9-15-63(73(65)79-5)87-51-31-23-47(43-83)24-32-51)70(38-58(54)76(71,3)4)92-66-18-10-16-64(74(66)80-6)88-52-33-25-48(44-84)26-34-52/h7-38,41-44,71-72H,1-4H3. The van der Waals surface area contributed by atoms with Gasteiger partial charge < -0.3 is 37.9 Å². The van der Waals surface area contributed by atoms with Gasteiger partial charge in [-0.2, -0.15) is 10.5 Å². The number of hydrogen-bond donors (Lipinski definition) is 0. The zero-order valence-electron chi connectivity index (χ0n) is 49.6. The van der Waals surface area contributed by atoms with Crippen LogP contribution in [0.1, 0.15) is 114 Å². The summed E-state index contributed by atoms with van der Waals surface area (Å²) in [5.41, 5.74) is 4.08. The number of hydrogen-bond acceptors (Lipinski definition) is 14. The summed E-state index contributed by atoms with van der Waals surface area (Å²) in [7, 11) is 0. The first kappa shape index (κ1) is 59.6. The second-order valence-corrected chi connectivity index (χ2v) is 22.6. The Morgan fingerprint density at radius 1 is 0.348 bits per heavy atom. The predicted octanol–water partition coefficient (Wildman–Crippen LogP) is 19.6. The third-order valence-corrected chi connectivity index (χ3v) is 16.4. The van der Waals surface area contributed by atoms with E-state index in [0.29, 0.717) is 45.3 Å². The highest BCUT2D eigenvalue weighted by molar-refractivity contribution is 5.78. The Balaban J connectivity index is 0.990. The lowest BCUT2D eigenvalue weighted by molar-refractivity contribution is 0.111. The molecule has 446 valence electrons. The van der Waals surface area contributed by atoms with Crippen molar-refractivity contribution in [3.8, 4) is 104 Å². The molecule has 0 amide bonds. The van der Waals surface area contributed by atoms with Crippen molar-refractivity contribution in [1.29, 1.82) is 10.5 Å². The van der Waals surface area contributed by atoms with Crippen LogP contribution in [0.3, 0.4) is 0 Å². The number of nitriles is 2. The highest BCUT2D eigenvalue weighted by Gasteiger charge is 2.59. The van der Waals surface area contributed by atoms with E-state index in [9.17, 15) is 29.7 Å². The molecule has 10 aromatic rings. The fourth-order valence-corrected chi connectivity index (χ4v) is 12.0. The Kier molecular flexibility index (Phi) is 16.0. The van der Waals surface area contributed by atoms with Gasteiger partial charge in [-0.25, -0.2) is 9.69 Å². The maximum absolute atomic E-state index is 11.5. The van der Waals surface area contributed by atoms with Gasteiger partial charge in [-0.05, 0) is 203 Å². The van der Waals surface area contributed by atoms with Crippen molar-refractivity contribution in [2.45, 2.75) is 50.4 Å². The molecule has 0 saturated heterocycles. The number of para-hydroxylation sites is 2. The van der Waals surface area contributed by atoms with Gasteiger partial charge in [0.15, 0.2) is 23.0 Å². The van der Waals surface area contributed by atoms with Crippen molar-refractivity contribution in [3.63, 3.8) is 0 Å². The minimum atomic E-state index is -0.720. The number of carbonyl (C=O) groups is 4. The number of ether oxygens (including phenoxy) is 8. The van der Waals surface area contributed by atoms with Crippen LogP contribution >= 0.6 is 0 Å². The zero-order chi connectivity index (χ0) is 64.3. The van der Waals surface area contributed by atoms with Gasteiger partial charge >= 0.3 is 0 Å². The Hall–Kier alpha value is -12.8. The van der Waals surface area contributed by atoms with Crippen LogP contribution in [-0.4, -0.2) is 25.1 Å². The summed E-state index contributed by atoms with van der Waals surface area (Å²) in [4.78, 5) is 53.7. The number of rotatable bonds is 20. The second kappa shape index (κ2) is 24.8. The molecule has 16 nitrogen and oxygen atoms in total. The fourth-order valence-electron chi connectivity index (χ4n) is 12.0. The largest absolute Gasteiger partial charge is 0.468 e. The molecule has 2 atom stereocenters. The van der Waals surface area contributed by atoms with Crippen molar-refractivity contribution in [2.24, 2.45) is 0 Å². The Labute approximate surface area is 528 Å². The maximum Gasteiger partial charge on any atom is 0.270 e. The maximum atomic E-state index is 11.5. The molecule has 2 aliphatic carbocycles. The lowest BCUT2D eigenvalue weighted by Gasteiger charge is -2.31. The third-order valence-electron chi connectivity index (χ3n) is 16.4. The lowest BCUT2D eigenvalue weighted by Crippen LogP contribution is -2.25. The first-order chi connectivity index (χ1) is 44.7. The molecule has 0 aromatic heterocycles. The molecule has 0 bridgehead atoms. The topological polar surface area (TPSA) is 198 Å². The van der Waals surface area contributed by atoms with Crippen molar-refractivity contribution in [2.75, 3.05) is 0 Å². The predicted molar refractivity (Wildman–Crippen MR) is 340 cm³/mol. The van der Waals surface area contributed by atoms with E-state index < -0.39 is 10.8 Å². The third kappa shape index (κ3) is 11.3. The average Bonchev–Trinajstić information content (AvgIpc) is 1.52. The summed E-state index contributed by atoms with van der Waals surface area (Å²) in [6, 6.07) is 57.8. The van der Waals surface area contributed by atoms with Crippen LogP contribution in [0, 0.1) is 35.8 Å². The molecular weight excluding hydrogens is 1160 g/mol. The molecule has 0 aliphatic heterocycles. The number of benzene rings is 10. The minimum absolute atomic E-state index is 0.0397. The Morgan fingerprint density at radius 3 is 0.859 bits per heavy atom. The van der Waals surface area contributed by atoms with E-state index in [1.165, 1.54) is 0 Å². The van der Waals surface area contributed by atoms with E-state index in [0.717, 1.165) is 47.4 Å². The van der Waals surface area contributed by atoms with Crippen LogP contribution in [0.2, 0.25) is 0 Å². The van der Waals surface area contributed by atoms with Gasteiger partial charge in [0.2, 0.25) is 0 Å². The average molecular weight is 1210 g/mol. The van der Waals surface area contributed by atoms with Gasteiger partial charge in [-0.3, -0.25) is 19.2 Å². The molecular formula is C76H50N4O12. The van der Waals surface area contributed by atoms with E-state index in [1.807, 2.05) is 24.3 Å². The van der Waals surface area contributed by atoms with Crippen LogP contribution in [-0.2, 0) is 10.8 Å². The molecule has 0 heterocycles. The van der Waals surface area contributed by atoms with Crippen molar-refractivity contribution in [3.05, 3.63) is 273 Å². The number of fused-ring (bicyclic) bond motifs is 5. The number of aldehydes is 4. The molecule has 12 rings (SSSR count). The lowest BCUT2D eigenvalue weighted by atomic mass is 9.72. The van der Waals surface area contributed by atoms with Gasteiger partial charge in [-0.15, -0.1) is 0 Å². The fraction of sp³-hybridized carbons (Fsp3) is 0.105. The molecule has 0 spiro atoms. The molecule has 0 radical (unpaired) electrons. The van der Waals surface area contributed by atoms with Crippen molar-refractivity contribution >= 4 is 36.5 Å². The molecule has 0 N–H and O–H groups in total. The van der Waals surface area contributed by atoms with Crippen molar-refractivity contribution < 1.29 is 57.1 Å². The minimum Gasteiger partial charge on any atom is -0.468 e. The second-order valence-electron chi connectivity index (χ2n) is 22.6. The molecule has 0 saturated carbocycles. The highest BCUT2D eigenvalue weighted by atomic mass is 16.5. The molecule has 2 unspecified atom stereocenters. The van der Waals surface area contributed by atoms with E-state index in [4.69, 9.17) is 51.0 Å². The first-order valence-corrected chi connectivity index (χ1v) is 28.8. The smallest absolute Gasteiger partial charge is 0.270 e. The van der Waals surface area contributed by atoms with Crippen molar-refractivity contribution in [1.82, 2.24) is 0 Å². The van der Waals surface area contributed by atoms with Crippen LogP contribution in [0.15, 0.2) is 194 Å². The summed E-state index contributed by atoms with van der Waals surface area (Å²) < 4.78 is 52.5. The number of nitrogens with zero attached hydrogens (tertiary/aromatic N) is 4. The van der Waals surface area contributed by atoms with Gasteiger partial charge in [0.05, 0.1) is 13.1 Å². The molecule has 0 fully saturated rings. The normalized spacial score (nSPS) is 14.2. The van der Waals surface area contributed by atoms with Crippen LogP contribution in [0.5, 0.6) is 92.0 Å². The summed E-state index contributed by atoms with van der Waals surface area (Å²) in [6.07, 6.45) is 2.88. The summed E-state index contributed by atoms with van der Waals surface area (Å²) in [6.45, 7) is 25.4. The van der Waals surface area contributed by atoms with Crippen LogP contribution in [0.4, 0.5) is 11.4 Å². The zero-order valence-corrected chi connectivity index (χ0v) is 49.6. The van der Waals surface area contributed by atoms with E-state index >= 15 is 0 Å². The first-order valence-electron chi connectivity index (χ1n) is 28.8. The Bertz CT molecular complexity index is 4480. The quantitative estimate of drug-likeness (QED) is 0.0516. The van der Waals surface area contributed by atoms with Gasteiger partial charge in [0.25, 0.3) is 11.4 Å². The molecule has 16 heteroatoms. The SMILES string of the molecule is [C-]#[N+]c1c(Oc2ccc(C=O)cc2)cccc1Oc1cc2c(cc1Oc1cccc(Oc3ccc(C=O)cc3)c1[N+]#[C-])C(C)(C)C1c3cc(Oc4cccc(Oc5ccc(C=O)cc5)c4C#N)c(Oc4cccc(Oc5ccc(C=O)cc5)c4C#N)cc3C(C)(C)C21. The van der Waals surface area contributed by atoms with Gasteiger partial charge in [0, 0.05) is 34.1 Å². The monoisotopic (exact) mass is 1210 g/mol. The summed E-state index contributed by atoms with van der Waals surface area (Å²) in [5.74, 6) is 2.92. The molecule has 10 aromatic carbocycles. The summed E-state index contributed by atoms with van der Waals surface area (Å²) in [5, 5.41) is 21.6. The van der Waals surface area contributed by atoms with Gasteiger partial charge in [0.1, 0.15) is 117 Å². The van der Waals surface area contributed by atoms with Gasteiger partial charge in [-0.1, -0.05) is 52.0 Å². The molecule has 2 aliphatic rings. The highest BCUT2D eigenvalue weighted by Crippen LogP contribution is 2.69.